The van der Waals surface area contributed by atoms with Crippen LogP contribution in [0.25, 0.3) is 0 Å². The van der Waals surface area contributed by atoms with Gasteiger partial charge in [0.05, 0.1) is 24.6 Å². The molecular weight excluding hydrogens is 204 g/mol. The van der Waals surface area contributed by atoms with Crippen molar-refractivity contribution >= 4 is 5.82 Å². The predicted octanol–water partition coefficient (Wildman–Crippen LogP) is 0.577. The minimum absolute atomic E-state index is 0.0128. The molecule has 5 nitrogen and oxygen atoms in total. The van der Waals surface area contributed by atoms with Crippen LogP contribution in [0.15, 0.2) is 35.5 Å². The molecular formula is C11H12N4O. The topological polar surface area (TPSA) is 73.8 Å². The molecule has 2 aromatic rings. The molecule has 0 atom stereocenters. The number of aromatic nitrogens is 3. The Morgan fingerprint density at radius 3 is 2.88 bits per heavy atom. The summed E-state index contributed by atoms with van der Waals surface area (Å²) < 4.78 is 1.59. The maximum Gasteiger partial charge on any atom is 0.253 e. The number of hydrogen-bond donors (Lipinski definition) is 1. The summed E-state index contributed by atoms with van der Waals surface area (Å²) in [6, 6.07) is 3.62. The highest BCUT2D eigenvalue weighted by atomic mass is 16.1. The second-order valence-corrected chi connectivity index (χ2v) is 3.56. The van der Waals surface area contributed by atoms with Crippen molar-refractivity contribution in [2.24, 2.45) is 0 Å². The molecule has 2 N–H and O–H groups in total. The van der Waals surface area contributed by atoms with E-state index in [-0.39, 0.29) is 5.56 Å². The van der Waals surface area contributed by atoms with Crippen LogP contribution in [0.1, 0.15) is 11.3 Å². The van der Waals surface area contributed by atoms with Crippen molar-refractivity contribution in [3.63, 3.8) is 0 Å². The van der Waals surface area contributed by atoms with E-state index in [2.05, 4.69) is 9.97 Å². The van der Waals surface area contributed by atoms with Gasteiger partial charge in [0.15, 0.2) is 0 Å². The molecule has 0 saturated heterocycles. The molecule has 16 heavy (non-hydrogen) atoms. The molecule has 0 saturated carbocycles. The minimum atomic E-state index is -0.0128. The third-order valence-corrected chi connectivity index (χ3v) is 2.27. The van der Waals surface area contributed by atoms with Crippen LogP contribution in [0.2, 0.25) is 0 Å². The van der Waals surface area contributed by atoms with Gasteiger partial charge >= 0.3 is 0 Å². The predicted molar refractivity (Wildman–Crippen MR) is 61.0 cm³/mol. The monoisotopic (exact) mass is 216 g/mol. The number of nitrogens with two attached hydrogens (primary N) is 1. The zero-order chi connectivity index (χ0) is 11.5. The second-order valence-electron chi connectivity index (χ2n) is 3.56. The Morgan fingerprint density at radius 1 is 1.38 bits per heavy atom. The first-order valence-corrected chi connectivity index (χ1v) is 4.89. The summed E-state index contributed by atoms with van der Waals surface area (Å²) in [5.41, 5.74) is 6.84. The van der Waals surface area contributed by atoms with Crippen molar-refractivity contribution in [1.29, 1.82) is 0 Å². The molecule has 0 unspecified atom stereocenters. The molecule has 5 heteroatoms. The molecule has 82 valence electrons. The van der Waals surface area contributed by atoms with E-state index in [0.717, 1.165) is 0 Å². The highest BCUT2D eigenvalue weighted by molar-refractivity contribution is 5.23. The molecule has 0 bridgehead atoms. The van der Waals surface area contributed by atoms with Crippen LogP contribution in [-0.2, 0) is 6.54 Å². The van der Waals surface area contributed by atoms with Crippen LogP contribution in [0.3, 0.4) is 0 Å². The molecule has 2 aromatic heterocycles. The molecule has 0 fully saturated rings. The summed E-state index contributed by atoms with van der Waals surface area (Å²) in [7, 11) is 0. The van der Waals surface area contributed by atoms with Crippen molar-refractivity contribution in [3.8, 4) is 0 Å². The third-order valence-electron chi connectivity index (χ3n) is 2.27. The van der Waals surface area contributed by atoms with Gasteiger partial charge in [0.25, 0.3) is 5.56 Å². The number of rotatable bonds is 2. The van der Waals surface area contributed by atoms with Gasteiger partial charge in [-0.2, -0.15) is 0 Å². The molecule has 0 aliphatic heterocycles. The Morgan fingerprint density at radius 2 is 2.19 bits per heavy atom. The molecule has 0 aliphatic rings. The number of nitrogens with zero attached hydrogens (tertiary/aromatic N) is 3. The summed E-state index contributed by atoms with van der Waals surface area (Å²) in [6.45, 7) is 2.20. The van der Waals surface area contributed by atoms with E-state index < -0.39 is 0 Å². The lowest BCUT2D eigenvalue weighted by Crippen LogP contribution is -2.22. The van der Waals surface area contributed by atoms with E-state index >= 15 is 0 Å². The highest BCUT2D eigenvalue weighted by Gasteiger charge is 2.01. The number of nitrogen functional groups attached to an aromatic ring is 1. The quantitative estimate of drug-likeness (QED) is 0.796. The number of pyridine rings is 1. The number of aryl methyl sites for hydroxylation is 1. The van der Waals surface area contributed by atoms with Gasteiger partial charge in [-0.3, -0.25) is 9.78 Å². The van der Waals surface area contributed by atoms with E-state index in [1.54, 1.807) is 30.0 Å². The van der Waals surface area contributed by atoms with Gasteiger partial charge in [-0.1, -0.05) is 6.07 Å². The van der Waals surface area contributed by atoms with Crippen molar-refractivity contribution < 1.29 is 0 Å². The summed E-state index contributed by atoms with van der Waals surface area (Å²) in [5, 5.41) is 0. The van der Waals surface area contributed by atoms with Crippen LogP contribution in [0.5, 0.6) is 0 Å². The van der Waals surface area contributed by atoms with Crippen molar-refractivity contribution in [1.82, 2.24) is 14.5 Å². The lowest BCUT2D eigenvalue weighted by Gasteiger charge is -2.05. The average molecular weight is 216 g/mol. The molecule has 2 heterocycles. The summed E-state index contributed by atoms with van der Waals surface area (Å²) >= 11 is 0. The maximum atomic E-state index is 11.7. The van der Waals surface area contributed by atoms with Crippen LogP contribution in [-0.4, -0.2) is 14.5 Å². The summed E-state index contributed by atoms with van der Waals surface area (Å²) in [4.78, 5) is 19.8. The fourth-order valence-corrected chi connectivity index (χ4v) is 1.40. The van der Waals surface area contributed by atoms with Gasteiger partial charge in [-0.25, -0.2) is 4.98 Å². The summed E-state index contributed by atoms with van der Waals surface area (Å²) in [5.74, 6) is 0.375. The van der Waals surface area contributed by atoms with Gasteiger partial charge in [0.1, 0.15) is 5.82 Å². The van der Waals surface area contributed by atoms with E-state index in [0.29, 0.717) is 23.6 Å². The van der Waals surface area contributed by atoms with Crippen LogP contribution >= 0.6 is 0 Å². The molecule has 0 spiro atoms. The maximum absolute atomic E-state index is 11.7. The Kier molecular flexibility index (Phi) is 2.68. The standard InChI is InChI=1S/C11H12N4O/c1-8-3-2-4-15(11(8)16)7-9-5-14-10(12)6-13-9/h2-6H,7H2,1H3,(H2,12,14). The Bertz CT molecular complexity index is 545. The number of anilines is 1. The fourth-order valence-electron chi connectivity index (χ4n) is 1.40. The van der Waals surface area contributed by atoms with E-state index in [1.807, 2.05) is 6.07 Å². The third kappa shape index (κ3) is 2.08. The Hall–Kier alpha value is -2.17. The smallest absolute Gasteiger partial charge is 0.253 e. The van der Waals surface area contributed by atoms with Gasteiger partial charge < -0.3 is 10.3 Å². The first-order valence-electron chi connectivity index (χ1n) is 4.89. The molecule has 0 radical (unpaired) electrons. The second kappa shape index (κ2) is 4.14. The molecule has 0 aromatic carbocycles. The zero-order valence-corrected chi connectivity index (χ0v) is 8.92. The lowest BCUT2D eigenvalue weighted by atomic mass is 10.3. The lowest BCUT2D eigenvalue weighted by molar-refractivity contribution is 0.729. The van der Waals surface area contributed by atoms with Crippen LogP contribution in [0.4, 0.5) is 5.82 Å². The first-order chi connectivity index (χ1) is 7.66. The van der Waals surface area contributed by atoms with Crippen LogP contribution in [0, 0.1) is 6.92 Å². The zero-order valence-electron chi connectivity index (χ0n) is 8.92. The van der Waals surface area contributed by atoms with Gasteiger partial charge in [-0.15, -0.1) is 0 Å². The van der Waals surface area contributed by atoms with E-state index in [4.69, 9.17) is 5.73 Å². The van der Waals surface area contributed by atoms with Crippen LogP contribution < -0.4 is 11.3 Å². The largest absolute Gasteiger partial charge is 0.382 e. The van der Waals surface area contributed by atoms with E-state index in [9.17, 15) is 4.79 Å². The first kappa shape index (κ1) is 10.4. The average Bonchev–Trinajstić information content (AvgIpc) is 2.28. The molecule has 0 amide bonds. The Balaban J connectivity index is 2.31. The van der Waals surface area contributed by atoms with Gasteiger partial charge in [-0.05, 0) is 13.0 Å². The van der Waals surface area contributed by atoms with Gasteiger partial charge in [0.2, 0.25) is 0 Å². The summed E-state index contributed by atoms with van der Waals surface area (Å²) in [6.07, 6.45) is 4.79. The van der Waals surface area contributed by atoms with Gasteiger partial charge in [0, 0.05) is 11.8 Å². The SMILES string of the molecule is Cc1cccn(Cc2cnc(N)cn2)c1=O. The minimum Gasteiger partial charge on any atom is -0.382 e. The highest BCUT2D eigenvalue weighted by Crippen LogP contribution is 1.98. The van der Waals surface area contributed by atoms with Crippen molar-refractivity contribution in [2.75, 3.05) is 5.73 Å². The normalized spacial score (nSPS) is 10.3. The van der Waals surface area contributed by atoms with Crippen molar-refractivity contribution in [3.05, 3.63) is 52.3 Å². The van der Waals surface area contributed by atoms with Crippen molar-refractivity contribution in [2.45, 2.75) is 13.5 Å². The molecule has 0 aliphatic carbocycles. The molecule has 2 rings (SSSR count). The van der Waals surface area contributed by atoms with E-state index in [1.165, 1.54) is 6.20 Å². The number of hydrogen-bond acceptors (Lipinski definition) is 4. The Labute approximate surface area is 92.6 Å². The fraction of sp³-hybridized carbons (Fsp3) is 0.182.